The van der Waals surface area contributed by atoms with Gasteiger partial charge in [-0.3, -0.25) is 9.52 Å². The van der Waals surface area contributed by atoms with E-state index in [1.807, 2.05) is 0 Å². The van der Waals surface area contributed by atoms with E-state index in [0.717, 1.165) is 4.47 Å². The third kappa shape index (κ3) is 2.65. The lowest BCUT2D eigenvalue weighted by molar-refractivity contribution is 0.0984. The van der Waals surface area contributed by atoms with Crippen molar-refractivity contribution in [2.45, 2.75) is 0 Å². The van der Waals surface area contributed by atoms with Crippen LogP contribution in [0.1, 0.15) is 10.4 Å². The number of carbonyl (C=O) groups excluding carboxylic acids is 1. The Bertz CT molecular complexity index is 344. The lowest BCUT2D eigenvalue weighted by Gasteiger charge is -2.05. The van der Waals surface area contributed by atoms with Gasteiger partial charge in [0, 0.05) is 11.8 Å². The van der Waals surface area contributed by atoms with Crippen molar-refractivity contribution in [3.63, 3.8) is 0 Å². The average molecular weight is 276 g/mol. The standard InChI is InChI=1S/C9H10BrNO2S/c1-13-8-5-6(3-4-7(8)10)9(12)11-14-2/h3-5H,1-2H3,(H,11,12). The number of methoxy groups -OCH3 is 1. The van der Waals surface area contributed by atoms with Gasteiger partial charge in [-0.25, -0.2) is 0 Å². The summed E-state index contributed by atoms with van der Waals surface area (Å²) < 4.78 is 8.55. The number of benzene rings is 1. The van der Waals surface area contributed by atoms with Gasteiger partial charge in [0.25, 0.3) is 5.91 Å². The molecule has 1 aromatic rings. The first-order chi connectivity index (χ1) is 6.69. The molecule has 0 spiro atoms. The molecule has 0 unspecified atom stereocenters. The number of amides is 1. The van der Waals surface area contributed by atoms with Crippen LogP contribution < -0.4 is 9.46 Å². The quantitative estimate of drug-likeness (QED) is 0.862. The summed E-state index contributed by atoms with van der Waals surface area (Å²) in [4.78, 5) is 11.4. The Kier molecular flexibility index (Phi) is 4.28. The van der Waals surface area contributed by atoms with Crippen LogP contribution in [0.5, 0.6) is 5.75 Å². The average Bonchev–Trinajstić information content (AvgIpc) is 2.19. The maximum Gasteiger partial charge on any atom is 0.261 e. The second-order valence-electron chi connectivity index (χ2n) is 2.48. The molecule has 0 aliphatic rings. The smallest absolute Gasteiger partial charge is 0.261 e. The molecule has 0 aliphatic carbocycles. The number of halogens is 1. The van der Waals surface area contributed by atoms with E-state index in [4.69, 9.17) is 4.74 Å². The summed E-state index contributed by atoms with van der Waals surface area (Å²) in [5, 5.41) is 0. The fraction of sp³-hybridized carbons (Fsp3) is 0.222. The van der Waals surface area contributed by atoms with Crippen molar-refractivity contribution in [1.29, 1.82) is 0 Å². The van der Waals surface area contributed by atoms with E-state index in [0.29, 0.717) is 11.3 Å². The van der Waals surface area contributed by atoms with Crippen LogP contribution in [0.3, 0.4) is 0 Å². The lowest BCUT2D eigenvalue weighted by atomic mass is 10.2. The fourth-order valence-corrected chi connectivity index (χ4v) is 1.66. The fourth-order valence-electron chi connectivity index (χ4n) is 0.953. The Balaban J connectivity index is 2.94. The molecule has 0 bridgehead atoms. The minimum absolute atomic E-state index is 0.122. The molecule has 14 heavy (non-hydrogen) atoms. The summed E-state index contributed by atoms with van der Waals surface area (Å²) in [5.74, 6) is 0.530. The zero-order valence-electron chi connectivity index (χ0n) is 7.83. The van der Waals surface area contributed by atoms with E-state index in [1.54, 1.807) is 31.6 Å². The third-order valence-corrected chi connectivity index (χ3v) is 2.65. The van der Waals surface area contributed by atoms with Gasteiger partial charge in [-0.05, 0) is 34.1 Å². The highest BCUT2D eigenvalue weighted by Gasteiger charge is 2.07. The van der Waals surface area contributed by atoms with Gasteiger partial charge in [0.05, 0.1) is 11.6 Å². The molecule has 0 saturated carbocycles. The molecule has 1 aromatic carbocycles. The van der Waals surface area contributed by atoms with Crippen LogP contribution in [0.15, 0.2) is 22.7 Å². The Morgan fingerprint density at radius 2 is 2.29 bits per heavy atom. The van der Waals surface area contributed by atoms with Crippen LogP contribution in [0.4, 0.5) is 0 Å². The van der Waals surface area contributed by atoms with Gasteiger partial charge in [-0.15, -0.1) is 0 Å². The molecule has 0 radical (unpaired) electrons. The van der Waals surface area contributed by atoms with E-state index < -0.39 is 0 Å². The highest BCUT2D eigenvalue weighted by Crippen LogP contribution is 2.25. The third-order valence-electron chi connectivity index (χ3n) is 1.61. The molecule has 0 saturated heterocycles. The van der Waals surface area contributed by atoms with Gasteiger partial charge in [0.2, 0.25) is 0 Å². The number of hydrogen-bond acceptors (Lipinski definition) is 3. The van der Waals surface area contributed by atoms with Crippen LogP contribution in [-0.2, 0) is 0 Å². The minimum atomic E-state index is -0.122. The molecular weight excluding hydrogens is 266 g/mol. The first-order valence-electron chi connectivity index (χ1n) is 3.86. The van der Waals surface area contributed by atoms with E-state index in [2.05, 4.69) is 20.7 Å². The van der Waals surface area contributed by atoms with Crippen LogP contribution in [0.25, 0.3) is 0 Å². The molecule has 76 valence electrons. The number of hydrogen-bond donors (Lipinski definition) is 1. The predicted octanol–water partition coefficient (Wildman–Crippen LogP) is 2.47. The van der Waals surface area contributed by atoms with Crippen LogP contribution in [-0.4, -0.2) is 19.3 Å². The van der Waals surface area contributed by atoms with Crippen molar-refractivity contribution in [2.24, 2.45) is 0 Å². The lowest BCUT2D eigenvalue weighted by Crippen LogP contribution is -2.15. The van der Waals surface area contributed by atoms with Crippen LogP contribution in [0.2, 0.25) is 0 Å². The van der Waals surface area contributed by atoms with Gasteiger partial charge in [-0.1, -0.05) is 11.9 Å². The van der Waals surface area contributed by atoms with Crippen molar-refractivity contribution in [3.8, 4) is 5.75 Å². The SMILES string of the molecule is COc1cc(C(=O)NSC)ccc1Br. The van der Waals surface area contributed by atoms with E-state index in [-0.39, 0.29) is 5.91 Å². The molecule has 0 atom stereocenters. The predicted molar refractivity (Wildman–Crippen MR) is 61.7 cm³/mol. The number of carbonyl (C=O) groups is 1. The molecule has 3 nitrogen and oxygen atoms in total. The summed E-state index contributed by atoms with van der Waals surface area (Å²) in [7, 11) is 1.57. The summed E-state index contributed by atoms with van der Waals surface area (Å²) in [6.45, 7) is 0. The van der Waals surface area contributed by atoms with E-state index >= 15 is 0 Å². The summed E-state index contributed by atoms with van der Waals surface area (Å²) in [6.07, 6.45) is 1.80. The second-order valence-corrected chi connectivity index (χ2v) is 3.95. The van der Waals surface area contributed by atoms with Crippen molar-refractivity contribution >= 4 is 33.8 Å². The number of nitrogens with one attached hydrogen (secondary N) is 1. The van der Waals surface area contributed by atoms with Gasteiger partial charge in [-0.2, -0.15) is 0 Å². The van der Waals surface area contributed by atoms with Crippen molar-refractivity contribution in [2.75, 3.05) is 13.4 Å². The van der Waals surface area contributed by atoms with E-state index in [9.17, 15) is 4.79 Å². The zero-order chi connectivity index (χ0) is 10.6. The summed E-state index contributed by atoms with van der Waals surface area (Å²) in [6, 6.07) is 5.21. The molecule has 1 rings (SSSR count). The van der Waals surface area contributed by atoms with Crippen molar-refractivity contribution in [3.05, 3.63) is 28.2 Å². The second kappa shape index (κ2) is 5.26. The van der Waals surface area contributed by atoms with Crippen LogP contribution >= 0.6 is 27.9 Å². The molecule has 1 amide bonds. The Labute approximate surface area is 95.5 Å². The molecule has 0 aromatic heterocycles. The van der Waals surface area contributed by atoms with Crippen molar-refractivity contribution in [1.82, 2.24) is 4.72 Å². The maximum absolute atomic E-state index is 11.4. The van der Waals surface area contributed by atoms with Gasteiger partial charge >= 0.3 is 0 Å². The maximum atomic E-state index is 11.4. The summed E-state index contributed by atoms with van der Waals surface area (Å²) >= 11 is 4.59. The largest absolute Gasteiger partial charge is 0.496 e. The first kappa shape index (κ1) is 11.4. The Hall–Kier alpha value is -0.680. The first-order valence-corrected chi connectivity index (χ1v) is 5.87. The topological polar surface area (TPSA) is 38.3 Å². The zero-order valence-corrected chi connectivity index (χ0v) is 10.2. The van der Waals surface area contributed by atoms with E-state index in [1.165, 1.54) is 11.9 Å². The summed E-state index contributed by atoms with van der Waals surface area (Å²) in [5.41, 5.74) is 0.583. The molecule has 0 fully saturated rings. The van der Waals surface area contributed by atoms with Gasteiger partial charge in [0.1, 0.15) is 5.75 Å². The number of ether oxygens (including phenoxy) is 1. The van der Waals surface area contributed by atoms with Gasteiger partial charge < -0.3 is 4.74 Å². The molecule has 5 heteroatoms. The highest BCUT2D eigenvalue weighted by atomic mass is 79.9. The molecular formula is C9H10BrNO2S. The minimum Gasteiger partial charge on any atom is -0.496 e. The Morgan fingerprint density at radius 3 is 2.86 bits per heavy atom. The highest BCUT2D eigenvalue weighted by molar-refractivity contribution is 9.10. The van der Waals surface area contributed by atoms with Crippen LogP contribution in [0, 0.1) is 0 Å². The monoisotopic (exact) mass is 275 g/mol. The normalized spacial score (nSPS) is 9.64. The Morgan fingerprint density at radius 1 is 1.57 bits per heavy atom. The van der Waals surface area contributed by atoms with Crippen molar-refractivity contribution < 1.29 is 9.53 Å². The number of rotatable bonds is 3. The molecule has 0 heterocycles. The molecule has 1 N–H and O–H groups in total. The molecule has 0 aliphatic heterocycles. The van der Waals surface area contributed by atoms with Gasteiger partial charge in [0.15, 0.2) is 0 Å².